The van der Waals surface area contributed by atoms with Crippen LogP contribution in [0.3, 0.4) is 0 Å². The summed E-state index contributed by atoms with van der Waals surface area (Å²) in [7, 11) is 0. The van der Waals surface area contributed by atoms with E-state index >= 15 is 0 Å². The molecule has 0 radical (unpaired) electrons. The molecule has 3 aliphatic carbocycles. The molecule has 2 fully saturated rings. The lowest BCUT2D eigenvalue weighted by atomic mass is 9.48. The summed E-state index contributed by atoms with van der Waals surface area (Å²) >= 11 is 0. The molecule has 1 aromatic carbocycles. The van der Waals surface area contributed by atoms with E-state index < -0.39 is 17.1 Å². The van der Waals surface area contributed by atoms with Gasteiger partial charge in [0.25, 0.3) is 0 Å². The molecule has 3 N–H and O–H groups in total. The van der Waals surface area contributed by atoms with Gasteiger partial charge in [-0.3, -0.25) is 14.7 Å². The smallest absolute Gasteiger partial charge is 0.248 e. The molecule has 2 aromatic rings. The Kier molecular flexibility index (Phi) is 4.68. The predicted octanol–water partition coefficient (Wildman–Crippen LogP) is 2.94. The van der Waals surface area contributed by atoms with Crippen LogP contribution < -0.4 is 10.1 Å². The highest BCUT2D eigenvalue weighted by Gasteiger charge is 2.73. The van der Waals surface area contributed by atoms with Gasteiger partial charge in [-0.25, -0.2) is 0 Å². The number of piperidine rings is 1. The van der Waals surface area contributed by atoms with Crippen LogP contribution in [0.4, 0.5) is 0 Å². The van der Waals surface area contributed by atoms with Crippen LogP contribution in [0.15, 0.2) is 42.1 Å². The van der Waals surface area contributed by atoms with E-state index in [-0.39, 0.29) is 30.2 Å². The lowest BCUT2D eigenvalue weighted by molar-refractivity contribution is -0.163. The number of phenols is 1. The van der Waals surface area contributed by atoms with Gasteiger partial charge in [0, 0.05) is 48.0 Å². The fourth-order valence-corrected chi connectivity index (χ4v) is 7.56. The average Bonchev–Trinajstić information content (AvgIpc) is 3.59. The van der Waals surface area contributed by atoms with Crippen molar-refractivity contribution >= 4 is 11.5 Å². The lowest BCUT2D eigenvalue weighted by Crippen LogP contribution is -2.75. The Bertz CT molecular complexity index is 1290. The first-order valence-corrected chi connectivity index (χ1v) is 13.3. The summed E-state index contributed by atoms with van der Waals surface area (Å²) < 4.78 is 6.65. The number of amides is 1. The number of aliphatic hydroxyl groups is 1. The van der Waals surface area contributed by atoms with Crippen molar-refractivity contribution in [3.63, 3.8) is 0 Å². The molecule has 5 aliphatic rings. The van der Waals surface area contributed by atoms with E-state index in [4.69, 9.17) is 4.74 Å². The fraction of sp³-hybridized carbons (Fsp3) is 0.517. The maximum atomic E-state index is 13.7. The number of aromatic hydroxyl groups is 1. The first-order valence-electron chi connectivity index (χ1n) is 13.3. The van der Waals surface area contributed by atoms with Crippen LogP contribution >= 0.6 is 0 Å². The van der Waals surface area contributed by atoms with Crippen molar-refractivity contribution in [1.82, 2.24) is 15.2 Å². The van der Waals surface area contributed by atoms with Crippen molar-refractivity contribution in [3.05, 3.63) is 58.9 Å². The van der Waals surface area contributed by atoms with Gasteiger partial charge >= 0.3 is 0 Å². The zero-order chi connectivity index (χ0) is 24.8. The first-order chi connectivity index (χ1) is 17.3. The Labute approximate surface area is 211 Å². The van der Waals surface area contributed by atoms with Crippen molar-refractivity contribution < 1.29 is 19.7 Å². The highest BCUT2D eigenvalue weighted by molar-refractivity contribution is 6.03. The Morgan fingerprint density at radius 3 is 2.83 bits per heavy atom. The van der Waals surface area contributed by atoms with Gasteiger partial charge in [-0.15, -0.1) is 0 Å². The summed E-state index contributed by atoms with van der Waals surface area (Å²) in [5.41, 5.74) is 2.09. The minimum Gasteiger partial charge on any atom is -0.504 e. The number of ether oxygens (including phenoxy) is 1. The summed E-state index contributed by atoms with van der Waals surface area (Å²) in [5, 5.41) is 26.8. The standard InChI is InChI=1S/C29H33N3O4/c1-16(2)31-27(34)19-14-29(35)22-13-18-8-9-21(33)25-24(18)28(29,10-12-32(22)15-17-6-7-17)26(36-25)23(19)20-5-3-4-11-30-20/h3-5,8-9,11,16-17,22,26,33,35H,6-7,10,12-15H2,1-2H3,(H,31,34)/t22-,26+,28+,29-/m1/s1. The van der Waals surface area contributed by atoms with Crippen LogP contribution in [0.2, 0.25) is 0 Å². The molecule has 3 heterocycles. The SMILES string of the molecule is CC(C)NC(=O)C1=C(c2ccccn2)[C@@H]2Oc3c(O)ccc4c3[C@@]23CCN(CC2CC2)[C@H](C4)[C@]3(O)C1. The van der Waals surface area contributed by atoms with Gasteiger partial charge < -0.3 is 20.3 Å². The summed E-state index contributed by atoms with van der Waals surface area (Å²) in [6, 6.07) is 9.23. The Hall–Kier alpha value is -2.90. The van der Waals surface area contributed by atoms with Crippen molar-refractivity contribution in [2.75, 3.05) is 13.1 Å². The van der Waals surface area contributed by atoms with Gasteiger partial charge in [0.1, 0.15) is 6.10 Å². The molecule has 1 amide bonds. The molecule has 1 aromatic heterocycles. The number of nitrogens with zero attached hydrogens (tertiary/aromatic N) is 2. The van der Waals surface area contributed by atoms with E-state index in [2.05, 4.69) is 15.2 Å². The molecule has 7 heteroatoms. The Balaban J connectivity index is 1.48. The fourth-order valence-electron chi connectivity index (χ4n) is 7.56. The summed E-state index contributed by atoms with van der Waals surface area (Å²) in [6.07, 6.45) is 5.24. The number of aromatic nitrogens is 1. The number of likely N-dealkylation sites (tertiary alicyclic amines) is 1. The number of pyridine rings is 1. The van der Waals surface area contributed by atoms with Gasteiger partial charge in [-0.2, -0.15) is 0 Å². The quantitative estimate of drug-likeness (QED) is 0.600. The number of carbonyl (C=O) groups excluding carboxylic acids is 1. The third kappa shape index (κ3) is 2.87. The number of benzene rings is 1. The van der Waals surface area contributed by atoms with Crippen molar-refractivity contribution in [3.8, 4) is 11.5 Å². The highest BCUT2D eigenvalue weighted by Crippen LogP contribution is 2.67. The third-order valence-corrected chi connectivity index (χ3v) is 9.18. The monoisotopic (exact) mass is 487 g/mol. The van der Waals surface area contributed by atoms with Crippen molar-refractivity contribution in [1.29, 1.82) is 0 Å². The normalized spacial score (nSPS) is 32.3. The number of phenolic OH excluding ortho intramolecular Hbond substituents is 1. The molecule has 4 atom stereocenters. The summed E-state index contributed by atoms with van der Waals surface area (Å²) in [4.78, 5) is 20.8. The minimum atomic E-state index is -1.20. The van der Waals surface area contributed by atoms with E-state index in [1.165, 1.54) is 12.8 Å². The maximum Gasteiger partial charge on any atom is 0.248 e. The minimum absolute atomic E-state index is 0.0462. The number of hydrogen-bond acceptors (Lipinski definition) is 6. The predicted molar refractivity (Wildman–Crippen MR) is 135 cm³/mol. The second kappa shape index (κ2) is 7.56. The molecule has 7 nitrogen and oxygen atoms in total. The Morgan fingerprint density at radius 1 is 1.28 bits per heavy atom. The molecular formula is C29H33N3O4. The van der Waals surface area contributed by atoms with Gasteiger partial charge in [0.2, 0.25) is 5.91 Å². The number of rotatable bonds is 5. The van der Waals surface area contributed by atoms with E-state index in [0.717, 1.165) is 29.8 Å². The van der Waals surface area contributed by atoms with E-state index in [9.17, 15) is 15.0 Å². The molecule has 36 heavy (non-hydrogen) atoms. The molecule has 1 saturated heterocycles. The Morgan fingerprint density at radius 2 is 2.11 bits per heavy atom. The van der Waals surface area contributed by atoms with Crippen LogP contribution in [0.5, 0.6) is 11.5 Å². The zero-order valence-electron chi connectivity index (χ0n) is 20.8. The van der Waals surface area contributed by atoms with Crippen LogP contribution in [-0.2, 0) is 16.6 Å². The first kappa shape index (κ1) is 22.3. The highest BCUT2D eigenvalue weighted by atomic mass is 16.5. The largest absolute Gasteiger partial charge is 0.504 e. The number of hydrogen-bond donors (Lipinski definition) is 3. The van der Waals surface area contributed by atoms with Crippen LogP contribution in [0, 0.1) is 5.92 Å². The molecule has 1 spiro atoms. The molecule has 7 rings (SSSR count). The zero-order valence-corrected chi connectivity index (χ0v) is 20.8. The van der Waals surface area contributed by atoms with Crippen molar-refractivity contribution in [2.45, 2.75) is 75.2 Å². The van der Waals surface area contributed by atoms with Crippen LogP contribution in [0.1, 0.15) is 56.4 Å². The number of nitrogens with one attached hydrogen (secondary N) is 1. The average molecular weight is 488 g/mol. The second-order valence-corrected chi connectivity index (χ2v) is 11.7. The van der Waals surface area contributed by atoms with Crippen LogP contribution in [0.25, 0.3) is 5.57 Å². The van der Waals surface area contributed by atoms with Gasteiger partial charge in [0.15, 0.2) is 11.5 Å². The molecule has 1 saturated carbocycles. The molecule has 188 valence electrons. The molecular weight excluding hydrogens is 454 g/mol. The summed E-state index contributed by atoms with van der Waals surface area (Å²) in [5.74, 6) is 1.06. The summed E-state index contributed by atoms with van der Waals surface area (Å²) in [6.45, 7) is 5.73. The molecule has 0 unspecified atom stereocenters. The lowest BCUT2D eigenvalue weighted by Gasteiger charge is -2.63. The molecule has 2 aliphatic heterocycles. The van der Waals surface area contributed by atoms with Gasteiger partial charge in [-0.05, 0) is 75.8 Å². The van der Waals surface area contributed by atoms with Gasteiger partial charge in [-0.1, -0.05) is 12.1 Å². The van der Waals surface area contributed by atoms with Crippen LogP contribution in [-0.4, -0.2) is 62.9 Å². The second-order valence-electron chi connectivity index (χ2n) is 11.7. The van der Waals surface area contributed by atoms with E-state index in [1.807, 2.05) is 38.1 Å². The maximum absolute atomic E-state index is 13.7. The van der Waals surface area contributed by atoms with E-state index in [1.54, 1.807) is 12.3 Å². The van der Waals surface area contributed by atoms with Crippen molar-refractivity contribution in [2.24, 2.45) is 5.92 Å². The molecule has 2 bridgehead atoms. The third-order valence-electron chi connectivity index (χ3n) is 9.18. The van der Waals surface area contributed by atoms with E-state index in [0.29, 0.717) is 35.8 Å². The topological polar surface area (TPSA) is 94.9 Å². The number of carbonyl (C=O) groups is 1. The van der Waals surface area contributed by atoms with Gasteiger partial charge in [0.05, 0.1) is 16.7 Å².